The number of nitrogen functional groups attached to an aromatic ring is 1. The monoisotopic (exact) mass is 397 g/mol. The van der Waals surface area contributed by atoms with E-state index < -0.39 is 11.4 Å². The summed E-state index contributed by atoms with van der Waals surface area (Å²) >= 11 is 1.39. The molecule has 2 aromatic carbocycles. The third kappa shape index (κ3) is 2.75. The Morgan fingerprint density at radius 3 is 2.79 bits per heavy atom. The number of thiazole rings is 1. The molecule has 3 heterocycles. The van der Waals surface area contributed by atoms with Crippen LogP contribution >= 0.6 is 11.3 Å². The Labute approximate surface area is 163 Å². The van der Waals surface area contributed by atoms with Crippen LogP contribution < -0.4 is 16.4 Å². The highest BCUT2D eigenvalue weighted by molar-refractivity contribution is 7.22. The molecule has 0 atom stereocenters. The van der Waals surface area contributed by atoms with Gasteiger partial charge in [-0.05, 0) is 41.5 Å². The largest absolute Gasteiger partial charge is 0.375 e. The molecule has 3 aromatic rings. The number of fused-ring (bicyclic) bond motifs is 1. The summed E-state index contributed by atoms with van der Waals surface area (Å²) < 4.78 is 15.2. The number of rotatable bonds is 2. The van der Waals surface area contributed by atoms with E-state index in [-0.39, 0.29) is 17.5 Å². The highest BCUT2D eigenvalue weighted by Gasteiger charge is 2.49. The van der Waals surface area contributed by atoms with Gasteiger partial charge in [-0.15, -0.1) is 0 Å². The Morgan fingerprint density at radius 2 is 2.04 bits per heavy atom. The Hall–Kier alpha value is -3.20. The molecule has 142 valence electrons. The maximum atomic E-state index is 14.3. The molecule has 0 saturated carbocycles. The van der Waals surface area contributed by atoms with Crippen molar-refractivity contribution in [1.82, 2.24) is 20.5 Å². The summed E-state index contributed by atoms with van der Waals surface area (Å²) in [6.45, 7) is 1.29. The van der Waals surface area contributed by atoms with E-state index in [2.05, 4.69) is 15.6 Å². The number of halogens is 1. The number of benzene rings is 2. The molecule has 28 heavy (non-hydrogen) atoms. The van der Waals surface area contributed by atoms with E-state index in [4.69, 9.17) is 5.73 Å². The average Bonchev–Trinajstić information content (AvgIpc) is 3.20. The number of nitrogens with one attached hydrogen (secondary N) is 2. The van der Waals surface area contributed by atoms with Crippen LogP contribution in [0.4, 0.5) is 14.3 Å². The van der Waals surface area contributed by atoms with Gasteiger partial charge in [0.05, 0.1) is 15.8 Å². The van der Waals surface area contributed by atoms with E-state index in [9.17, 15) is 14.0 Å². The lowest BCUT2D eigenvalue weighted by Crippen LogP contribution is -2.70. The molecule has 2 aliphatic rings. The number of anilines is 1. The first-order valence-electron chi connectivity index (χ1n) is 8.73. The van der Waals surface area contributed by atoms with Gasteiger partial charge in [0.25, 0.3) is 5.91 Å². The first kappa shape index (κ1) is 16.9. The molecule has 2 saturated heterocycles. The quantitative estimate of drug-likeness (QED) is 0.617. The fourth-order valence-corrected chi connectivity index (χ4v) is 4.50. The van der Waals surface area contributed by atoms with Crippen LogP contribution in [0.3, 0.4) is 0 Å². The molecular formula is C19H16FN5O2S. The lowest BCUT2D eigenvalue weighted by Gasteiger charge is -2.46. The van der Waals surface area contributed by atoms with E-state index >= 15 is 0 Å². The topological polar surface area (TPSA) is 100 Å². The second-order valence-electron chi connectivity index (χ2n) is 7.21. The molecule has 0 radical (unpaired) electrons. The molecular weight excluding hydrogens is 381 g/mol. The van der Waals surface area contributed by atoms with Crippen LogP contribution in [0.25, 0.3) is 21.3 Å². The summed E-state index contributed by atoms with van der Waals surface area (Å²) in [5.41, 5.74) is 7.72. The maximum absolute atomic E-state index is 14.3. The molecule has 3 amide bonds. The zero-order chi connectivity index (χ0) is 19.5. The van der Waals surface area contributed by atoms with Crippen molar-refractivity contribution in [3.63, 3.8) is 0 Å². The van der Waals surface area contributed by atoms with Crippen molar-refractivity contribution in [3.05, 3.63) is 47.8 Å². The Kier molecular flexibility index (Phi) is 3.57. The number of carbonyl (C=O) groups excluding carboxylic acids is 2. The van der Waals surface area contributed by atoms with Gasteiger partial charge in [0.2, 0.25) is 0 Å². The normalized spacial score (nSPS) is 17.5. The molecule has 9 heteroatoms. The van der Waals surface area contributed by atoms with Gasteiger partial charge in [-0.2, -0.15) is 0 Å². The summed E-state index contributed by atoms with van der Waals surface area (Å²) in [6, 6.07) is 9.68. The second kappa shape index (κ2) is 5.90. The number of hydrogen-bond acceptors (Lipinski definition) is 5. The number of nitrogens with two attached hydrogens (primary N) is 1. The predicted octanol–water partition coefficient (Wildman–Crippen LogP) is 2.19. The summed E-state index contributed by atoms with van der Waals surface area (Å²) in [5, 5.41) is 6.02. The fraction of sp³-hybridized carbons (Fsp3) is 0.211. The van der Waals surface area contributed by atoms with Crippen molar-refractivity contribution < 1.29 is 14.0 Å². The second-order valence-corrected chi connectivity index (χ2v) is 8.27. The third-order valence-corrected chi connectivity index (χ3v) is 5.99. The lowest BCUT2D eigenvalue weighted by molar-refractivity contribution is 0.0396. The average molecular weight is 397 g/mol. The number of aromatic nitrogens is 1. The number of carbonyl (C=O) groups is 2. The van der Waals surface area contributed by atoms with Crippen molar-refractivity contribution in [2.75, 3.05) is 25.4 Å². The Bertz CT molecular complexity index is 1140. The zero-order valence-corrected chi connectivity index (χ0v) is 15.5. The molecule has 2 fully saturated rings. The zero-order valence-electron chi connectivity index (χ0n) is 14.7. The van der Waals surface area contributed by atoms with Crippen molar-refractivity contribution in [2.24, 2.45) is 0 Å². The SMILES string of the molecule is Nc1nc2cc(-c3cc(F)cc(C(=O)N4CC5(CNC(=O)N5)C4)c3)ccc2s1. The minimum absolute atomic E-state index is 0.224. The highest BCUT2D eigenvalue weighted by atomic mass is 32.1. The van der Waals surface area contributed by atoms with Crippen molar-refractivity contribution >= 4 is 38.6 Å². The van der Waals surface area contributed by atoms with Gasteiger partial charge < -0.3 is 21.3 Å². The Balaban J connectivity index is 1.42. The predicted molar refractivity (Wildman–Crippen MR) is 105 cm³/mol. The summed E-state index contributed by atoms with van der Waals surface area (Å²) in [6.07, 6.45) is 0. The number of hydrogen-bond donors (Lipinski definition) is 3. The highest BCUT2D eigenvalue weighted by Crippen LogP contribution is 2.31. The van der Waals surface area contributed by atoms with Gasteiger partial charge in [0, 0.05) is 25.2 Å². The van der Waals surface area contributed by atoms with Crippen LogP contribution in [-0.2, 0) is 0 Å². The molecule has 7 nitrogen and oxygen atoms in total. The number of nitrogens with zero attached hydrogens (tertiary/aromatic N) is 2. The minimum Gasteiger partial charge on any atom is -0.375 e. The first-order chi connectivity index (χ1) is 13.4. The molecule has 1 aromatic heterocycles. The standard InChI is InChI=1S/C19H16FN5O2S/c20-13-4-11(10-1-2-15-14(6-10)23-17(21)28-15)3-12(5-13)16(26)25-8-19(9-25)7-22-18(27)24-19/h1-6H,7-9H2,(H2,21,23)(H2,22,24,27). The van der Waals surface area contributed by atoms with Crippen LogP contribution in [0.1, 0.15) is 10.4 Å². The maximum Gasteiger partial charge on any atom is 0.315 e. The number of likely N-dealkylation sites (tertiary alicyclic amines) is 1. The molecule has 0 unspecified atom stereocenters. The van der Waals surface area contributed by atoms with E-state index in [0.717, 1.165) is 15.8 Å². The van der Waals surface area contributed by atoms with E-state index in [0.29, 0.717) is 30.3 Å². The Morgan fingerprint density at radius 1 is 1.21 bits per heavy atom. The molecule has 4 N–H and O–H groups in total. The van der Waals surface area contributed by atoms with Gasteiger partial charge in [-0.1, -0.05) is 17.4 Å². The smallest absolute Gasteiger partial charge is 0.315 e. The summed E-state index contributed by atoms with van der Waals surface area (Å²) in [7, 11) is 0. The molecule has 0 bridgehead atoms. The first-order valence-corrected chi connectivity index (χ1v) is 9.55. The van der Waals surface area contributed by atoms with Gasteiger partial charge in [0.15, 0.2) is 5.13 Å². The van der Waals surface area contributed by atoms with Crippen LogP contribution in [0, 0.1) is 5.82 Å². The summed E-state index contributed by atoms with van der Waals surface area (Å²) in [4.78, 5) is 30.0. The van der Waals surface area contributed by atoms with E-state index in [1.54, 1.807) is 11.0 Å². The molecule has 1 spiro atoms. The van der Waals surface area contributed by atoms with Crippen LogP contribution in [0.5, 0.6) is 0 Å². The molecule has 5 rings (SSSR count). The summed E-state index contributed by atoms with van der Waals surface area (Å²) in [5.74, 6) is -0.740. The van der Waals surface area contributed by atoms with Crippen molar-refractivity contribution in [3.8, 4) is 11.1 Å². The third-order valence-electron chi connectivity index (χ3n) is 5.12. The lowest BCUT2D eigenvalue weighted by atomic mass is 9.90. The van der Waals surface area contributed by atoms with Crippen LogP contribution in [0.2, 0.25) is 0 Å². The van der Waals surface area contributed by atoms with Crippen LogP contribution in [-0.4, -0.2) is 47.0 Å². The van der Waals surface area contributed by atoms with Gasteiger partial charge >= 0.3 is 6.03 Å². The fourth-order valence-electron chi connectivity index (χ4n) is 3.78. The van der Waals surface area contributed by atoms with Gasteiger partial charge in [-0.3, -0.25) is 4.79 Å². The van der Waals surface area contributed by atoms with E-state index in [1.807, 2.05) is 18.2 Å². The van der Waals surface area contributed by atoms with E-state index in [1.165, 1.54) is 23.5 Å². The number of urea groups is 1. The van der Waals surface area contributed by atoms with Gasteiger partial charge in [-0.25, -0.2) is 14.2 Å². The van der Waals surface area contributed by atoms with Crippen molar-refractivity contribution in [1.29, 1.82) is 0 Å². The minimum atomic E-state index is -0.482. The number of amides is 3. The van der Waals surface area contributed by atoms with Crippen molar-refractivity contribution in [2.45, 2.75) is 5.54 Å². The molecule has 2 aliphatic heterocycles. The van der Waals surface area contributed by atoms with Crippen LogP contribution in [0.15, 0.2) is 36.4 Å². The molecule has 0 aliphatic carbocycles. The van der Waals surface area contributed by atoms with Gasteiger partial charge in [0.1, 0.15) is 5.82 Å².